The summed E-state index contributed by atoms with van der Waals surface area (Å²) < 4.78 is 8.55. The number of ether oxygens (including phenoxy) is 1. The van der Waals surface area contributed by atoms with Crippen molar-refractivity contribution in [2.24, 2.45) is 0 Å². The maximum atomic E-state index is 13.2. The minimum Gasteiger partial charge on any atom is -0.383 e. The van der Waals surface area contributed by atoms with Crippen LogP contribution in [0.25, 0.3) is 0 Å². The third-order valence-electron chi connectivity index (χ3n) is 6.39. The van der Waals surface area contributed by atoms with Gasteiger partial charge in [-0.25, -0.2) is 9.48 Å². The Balaban J connectivity index is 1.53. The van der Waals surface area contributed by atoms with Crippen LogP contribution in [-0.4, -0.2) is 52.0 Å². The second-order valence-electron chi connectivity index (χ2n) is 9.88. The number of carbonyl (C=O) groups is 1. The Morgan fingerprint density at radius 2 is 1.87 bits per heavy atom. The zero-order valence-electron chi connectivity index (χ0n) is 19.1. The van der Waals surface area contributed by atoms with Crippen molar-refractivity contribution in [3.63, 3.8) is 0 Å². The number of piperidine rings is 1. The maximum absolute atomic E-state index is 13.2. The SMILES string of the molecule is COCCn1nc(C2CCCN(C(=O)c3ccc(C(C)(C)C)cc3)C2)n(C2CC2)c1=O. The first-order valence-corrected chi connectivity index (χ1v) is 11.4. The number of benzene rings is 1. The zero-order valence-corrected chi connectivity index (χ0v) is 19.1. The molecule has 1 atom stereocenters. The number of hydrogen-bond acceptors (Lipinski definition) is 4. The van der Waals surface area contributed by atoms with Crippen molar-refractivity contribution in [1.29, 1.82) is 0 Å². The highest BCUT2D eigenvalue weighted by atomic mass is 16.5. The molecule has 168 valence electrons. The number of methoxy groups -OCH3 is 1. The first kappa shape index (κ1) is 21.8. The van der Waals surface area contributed by atoms with Gasteiger partial charge in [0, 0.05) is 37.7 Å². The number of likely N-dealkylation sites (tertiary alicyclic amines) is 1. The molecule has 1 saturated heterocycles. The molecule has 2 aromatic rings. The van der Waals surface area contributed by atoms with Crippen molar-refractivity contribution in [3.8, 4) is 0 Å². The minimum atomic E-state index is -0.0456. The lowest BCUT2D eigenvalue weighted by Gasteiger charge is -2.32. The van der Waals surface area contributed by atoms with Crippen LogP contribution in [-0.2, 0) is 16.7 Å². The van der Waals surface area contributed by atoms with Gasteiger partial charge in [-0.3, -0.25) is 9.36 Å². The summed E-state index contributed by atoms with van der Waals surface area (Å²) in [5.74, 6) is 0.983. The van der Waals surface area contributed by atoms with E-state index in [1.807, 2.05) is 21.6 Å². The zero-order chi connectivity index (χ0) is 22.2. The van der Waals surface area contributed by atoms with Crippen LogP contribution < -0.4 is 5.69 Å². The number of aromatic nitrogens is 3. The van der Waals surface area contributed by atoms with Crippen molar-refractivity contribution in [2.75, 3.05) is 26.8 Å². The Morgan fingerprint density at radius 3 is 2.48 bits per heavy atom. The smallest absolute Gasteiger partial charge is 0.346 e. The summed E-state index contributed by atoms with van der Waals surface area (Å²) in [6.45, 7) is 8.78. The summed E-state index contributed by atoms with van der Waals surface area (Å²) >= 11 is 0. The highest BCUT2D eigenvalue weighted by Gasteiger charge is 2.35. The molecule has 0 radical (unpaired) electrons. The van der Waals surface area contributed by atoms with Gasteiger partial charge in [0.15, 0.2) is 0 Å². The fourth-order valence-corrected chi connectivity index (χ4v) is 4.38. The first-order chi connectivity index (χ1) is 14.8. The van der Waals surface area contributed by atoms with E-state index < -0.39 is 0 Å². The van der Waals surface area contributed by atoms with Gasteiger partial charge in [0.1, 0.15) is 5.82 Å². The Bertz CT molecular complexity index is 980. The third-order valence-corrected chi connectivity index (χ3v) is 6.39. The van der Waals surface area contributed by atoms with Gasteiger partial charge < -0.3 is 9.64 Å². The van der Waals surface area contributed by atoms with Gasteiger partial charge in [-0.2, -0.15) is 5.10 Å². The standard InChI is InChI=1S/C24H34N4O3/c1-24(2,3)19-9-7-17(8-10-19)22(29)26-13-5-6-18(16-26)21-25-27(14-15-31-4)23(30)28(21)20-11-12-20/h7-10,18,20H,5-6,11-16H2,1-4H3. The second-order valence-corrected chi connectivity index (χ2v) is 9.88. The van der Waals surface area contributed by atoms with Crippen molar-refractivity contribution < 1.29 is 9.53 Å². The van der Waals surface area contributed by atoms with Crippen LogP contribution in [0, 0.1) is 0 Å². The van der Waals surface area contributed by atoms with Crippen LogP contribution in [0.4, 0.5) is 0 Å². The van der Waals surface area contributed by atoms with Crippen LogP contribution in [0.3, 0.4) is 0 Å². The molecule has 1 aromatic carbocycles. The molecule has 1 aliphatic carbocycles. The number of carbonyl (C=O) groups excluding carboxylic acids is 1. The molecule has 7 nitrogen and oxygen atoms in total. The molecule has 1 saturated carbocycles. The van der Waals surface area contributed by atoms with E-state index >= 15 is 0 Å². The average Bonchev–Trinajstić information content (AvgIpc) is 3.54. The predicted molar refractivity (Wildman–Crippen MR) is 120 cm³/mol. The minimum absolute atomic E-state index is 0.0456. The number of rotatable bonds is 6. The fourth-order valence-electron chi connectivity index (χ4n) is 4.38. The van der Waals surface area contributed by atoms with E-state index in [2.05, 4.69) is 38.0 Å². The summed E-state index contributed by atoms with van der Waals surface area (Å²) in [7, 11) is 1.63. The molecule has 1 amide bonds. The van der Waals surface area contributed by atoms with Crippen molar-refractivity contribution in [3.05, 3.63) is 51.7 Å². The van der Waals surface area contributed by atoms with E-state index in [-0.39, 0.29) is 29.0 Å². The van der Waals surface area contributed by atoms with Gasteiger partial charge in [0.05, 0.1) is 13.2 Å². The highest BCUT2D eigenvalue weighted by molar-refractivity contribution is 5.94. The molecule has 0 spiro atoms. The van der Waals surface area contributed by atoms with Crippen molar-refractivity contribution in [2.45, 2.75) is 70.4 Å². The van der Waals surface area contributed by atoms with Gasteiger partial charge in [0.2, 0.25) is 0 Å². The molecule has 7 heteroatoms. The van der Waals surface area contributed by atoms with E-state index in [9.17, 15) is 9.59 Å². The lowest BCUT2D eigenvalue weighted by Crippen LogP contribution is -2.40. The predicted octanol–water partition coefficient (Wildman–Crippen LogP) is 3.34. The lowest BCUT2D eigenvalue weighted by atomic mass is 9.86. The highest BCUT2D eigenvalue weighted by Crippen LogP contribution is 2.37. The molecule has 2 aliphatic rings. The van der Waals surface area contributed by atoms with E-state index in [0.717, 1.165) is 43.6 Å². The fraction of sp³-hybridized carbons (Fsp3) is 0.625. The number of nitrogens with zero attached hydrogens (tertiary/aromatic N) is 4. The summed E-state index contributed by atoms with van der Waals surface area (Å²) in [6.07, 6.45) is 3.91. The Labute approximate surface area is 184 Å². The number of hydrogen-bond donors (Lipinski definition) is 0. The molecule has 31 heavy (non-hydrogen) atoms. The van der Waals surface area contributed by atoms with Crippen LogP contribution in [0.2, 0.25) is 0 Å². The summed E-state index contributed by atoms with van der Waals surface area (Å²) in [6, 6.07) is 8.24. The van der Waals surface area contributed by atoms with Gasteiger partial charge in [-0.05, 0) is 48.8 Å². The van der Waals surface area contributed by atoms with Crippen LogP contribution in [0.15, 0.2) is 29.1 Å². The monoisotopic (exact) mass is 426 g/mol. The quantitative estimate of drug-likeness (QED) is 0.710. The van der Waals surface area contributed by atoms with Gasteiger partial charge in [0.25, 0.3) is 5.91 Å². The molecule has 1 aliphatic heterocycles. The Kier molecular flexibility index (Phi) is 6.06. The molecule has 4 rings (SSSR count). The van der Waals surface area contributed by atoms with Gasteiger partial charge in [-0.1, -0.05) is 32.9 Å². The molecular formula is C24H34N4O3. The molecule has 2 heterocycles. The van der Waals surface area contributed by atoms with Gasteiger partial charge in [-0.15, -0.1) is 0 Å². The number of amides is 1. The van der Waals surface area contributed by atoms with E-state index in [1.54, 1.807) is 7.11 Å². The topological polar surface area (TPSA) is 69.4 Å². The molecule has 0 bridgehead atoms. The van der Waals surface area contributed by atoms with Crippen molar-refractivity contribution >= 4 is 5.91 Å². The summed E-state index contributed by atoms with van der Waals surface area (Å²) in [4.78, 5) is 28.0. The second kappa shape index (κ2) is 8.61. The molecular weight excluding hydrogens is 392 g/mol. The normalized spacial score (nSPS) is 19.6. The van der Waals surface area contributed by atoms with Crippen molar-refractivity contribution in [1.82, 2.24) is 19.2 Å². The maximum Gasteiger partial charge on any atom is 0.346 e. The molecule has 1 aromatic heterocycles. The summed E-state index contributed by atoms with van der Waals surface area (Å²) in [5, 5.41) is 4.69. The Morgan fingerprint density at radius 1 is 1.16 bits per heavy atom. The van der Waals surface area contributed by atoms with Gasteiger partial charge >= 0.3 is 5.69 Å². The molecule has 2 fully saturated rings. The van der Waals surface area contributed by atoms with E-state index in [4.69, 9.17) is 4.74 Å². The first-order valence-electron chi connectivity index (χ1n) is 11.4. The van der Waals surface area contributed by atoms with Crippen LogP contribution in [0.5, 0.6) is 0 Å². The average molecular weight is 427 g/mol. The van der Waals surface area contributed by atoms with Crippen LogP contribution >= 0.6 is 0 Å². The van der Waals surface area contributed by atoms with E-state index in [1.165, 1.54) is 10.2 Å². The largest absolute Gasteiger partial charge is 0.383 e. The Hall–Kier alpha value is -2.41. The van der Waals surface area contributed by atoms with Crippen LogP contribution in [0.1, 0.15) is 80.2 Å². The molecule has 1 unspecified atom stereocenters. The van der Waals surface area contributed by atoms with E-state index in [0.29, 0.717) is 19.7 Å². The third kappa shape index (κ3) is 4.61. The molecule has 0 N–H and O–H groups in total. The summed E-state index contributed by atoms with van der Waals surface area (Å²) in [5.41, 5.74) is 1.96. The lowest BCUT2D eigenvalue weighted by molar-refractivity contribution is 0.0703.